The second kappa shape index (κ2) is 8.22. The SMILES string of the molecule is CCCc1nc(NN)c(C)c(NC(C)CSCC)n1. The molecule has 0 aliphatic carbocycles. The number of nitrogens with two attached hydrogens (primary N) is 1. The lowest BCUT2D eigenvalue weighted by atomic mass is 10.2. The van der Waals surface area contributed by atoms with Crippen molar-refractivity contribution in [3.05, 3.63) is 11.4 Å². The minimum Gasteiger partial charge on any atom is -0.366 e. The smallest absolute Gasteiger partial charge is 0.148 e. The van der Waals surface area contributed by atoms with E-state index >= 15 is 0 Å². The van der Waals surface area contributed by atoms with Crippen LogP contribution in [0.1, 0.15) is 38.6 Å². The first-order chi connectivity index (χ1) is 9.12. The second-order valence-electron chi connectivity index (χ2n) is 4.56. The maximum atomic E-state index is 5.52. The fourth-order valence-corrected chi connectivity index (χ4v) is 2.42. The molecule has 0 radical (unpaired) electrons. The minimum atomic E-state index is 0.374. The first kappa shape index (κ1) is 16.0. The summed E-state index contributed by atoms with van der Waals surface area (Å²) < 4.78 is 0. The predicted octanol–water partition coefficient (Wildman–Crippen LogP) is 2.58. The summed E-state index contributed by atoms with van der Waals surface area (Å²) in [6.07, 6.45) is 1.88. The molecular weight excluding hydrogens is 258 g/mol. The molecule has 0 aliphatic rings. The molecule has 0 saturated carbocycles. The minimum absolute atomic E-state index is 0.374. The van der Waals surface area contributed by atoms with Crippen LogP contribution in [0.4, 0.5) is 11.6 Å². The van der Waals surface area contributed by atoms with E-state index in [-0.39, 0.29) is 0 Å². The van der Waals surface area contributed by atoms with Gasteiger partial charge in [0, 0.05) is 23.8 Å². The number of nitrogens with zero attached hydrogens (tertiary/aromatic N) is 2. The first-order valence-corrected chi connectivity index (χ1v) is 7.96. The van der Waals surface area contributed by atoms with E-state index in [0.717, 1.165) is 41.6 Å². The molecule has 0 aliphatic heterocycles. The molecule has 0 aromatic carbocycles. The predicted molar refractivity (Wildman–Crippen MR) is 84.7 cm³/mol. The van der Waals surface area contributed by atoms with Crippen LogP contribution in [-0.2, 0) is 6.42 Å². The molecule has 1 aromatic rings. The van der Waals surface area contributed by atoms with Crippen LogP contribution in [0.2, 0.25) is 0 Å². The number of nitrogen functional groups attached to an aromatic ring is 1. The number of aryl methyl sites for hydroxylation is 1. The average molecular weight is 283 g/mol. The highest BCUT2D eigenvalue weighted by Gasteiger charge is 2.12. The van der Waals surface area contributed by atoms with Crippen LogP contribution in [-0.4, -0.2) is 27.5 Å². The van der Waals surface area contributed by atoms with Gasteiger partial charge in [-0.05, 0) is 26.0 Å². The van der Waals surface area contributed by atoms with Crippen LogP contribution in [0.25, 0.3) is 0 Å². The number of rotatable bonds is 8. The van der Waals surface area contributed by atoms with E-state index in [1.54, 1.807) is 0 Å². The van der Waals surface area contributed by atoms with Crippen LogP contribution < -0.4 is 16.6 Å². The molecule has 0 fully saturated rings. The summed E-state index contributed by atoms with van der Waals surface area (Å²) in [6, 6.07) is 0.374. The Labute approximate surface area is 120 Å². The second-order valence-corrected chi connectivity index (χ2v) is 5.88. The molecule has 1 unspecified atom stereocenters. The van der Waals surface area contributed by atoms with Gasteiger partial charge in [0.25, 0.3) is 0 Å². The molecule has 0 bridgehead atoms. The van der Waals surface area contributed by atoms with Gasteiger partial charge in [-0.15, -0.1) is 0 Å². The molecule has 5 nitrogen and oxygen atoms in total. The highest BCUT2D eigenvalue weighted by atomic mass is 32.2. The van der Waals surface area contributed by atoms with Crippen molar-refractivity contribution in [2.45, 2.75) is 46.6 Å². The lowest BCUT2D eigenvalue weighted by molar-refractivity contribution is 0.820. The van der Waals surface area contributed by atoms with Crippen molar-refractivity contribution in [1.29, 1.82) is 0 Å². The molecule has 108 valence electrons. The van der Waals surface area contributed by atoms with Crippen LogP contribution in [0.15, 0.2) is 0 Å². The Balaban J connectivity index is 2.88. The molecule has 4 N–H and O–H groups in total. The van der Waals surface area contributed by atoms with Gasteiger partial charge in [0.1, 0.15) is 17.5 Å². The fraction of sp³-hybridized carbons (Fsp3) is 0.692. The van der Waals surface area contributed by atoms with Crippen molar-refractivity contribution >= 4 is 23.4 Å². The Hall–Kier alpha value is -1.01. The Bertz CT molecular complexity index is 397. The molecule has 1 heterocycles. The van der Waals surface area contributed by atoms with E-state index in [1.807, 2.05) is 18.7 Å². The van der Waals surface area contributed by atoms with Crippen molar-refractivity contribution < 1.29 is 0 Å². The van der Waals surface area contributed by atoms with Crippen molar-refractivity contribution in [3.63, 3.8) is 0 Å². The maximum absolute atomic E-state index is 5.52. The normalized spacial score (nSPS) is 12.3. The van der Waals surface area contributed by atoms with Gasteiger partial charge in [-0.25, -0.2) is 15.8 Å². The highest BCUT2D eigenvalue weighted by Crippen LogP contribution is 2.21. The number of hydrogen-bond donors (Lipinski definition) is 3. The number of hydrogen-bond acceptors (Lipinski definition) is 6. The molecular formula is C13H25N5S. The van der Waals surface area contributed by atoms with Gasteiger partial charge >= 0.3 is 0 Å². The van der Waals surface area contributed by atoms with E-state index < -0.39 is 0 Å². The Morgan fingerprint density at radius 1 is 1.26 bits per heavy atom. The molecule has 0 amide bonds. The number of aromatic nitrogens is 2. The van der Waals surface area contributed by atoms with Crippen molar-refractivity contribution in [2.75, 3.05) is 22.2 Å². The Kier molecular flexibility index (Phi) is 6.94. The average Bonchev–Trinajstić information content (AvgIpc) is 2.40. The summed E-state index contributed by atoms with van der Waals surface area (Å²) in [4.78, 5) is 9.01. The Morgan fingerprint density at radius 3 is 2.53 bits per heavy atom. The zero-order valence-electron chi connectivity index (χ0n) is 12.3. The van der Waals surface area contributed by atoms with Crippen LogP contribution in [0.5, 0.6) is 0 Å². The van der Waals surface area contributed by atoms with E-state index in [2.05, 4.69) is 41.5 Å². The molecule has 0 saturated heterocycles. The van der Waals surface area contributed by atoms with Crippen molar-refractivity contribution in [1.82, 2.24) is 9.97 Å². The summed E-state index contributed by atoms with van der Waals surface area (Å²) in [6.45, 7) is 8.43. The lowest BCUT2D eigenvalue weighted by Crippen LogP contribution is -2.22. The summed E-state index contributed by atoms with van der Waals surface area (Å²) in [5, 5.41) is 3.45. The fourth-order valence-electron chi connectivity index (χ4n) is 1.75. The summed E-state index contributed by atoms with van der Waals surface area (Å²) in [5.41, 5.74) is 3.62. The standard InChI is InChI=1S/C13H25N5S/c1-5-7-11-16-12(10(4)13(17-11)18-14)15-9(3)8-19-6-2/h9H,5-8,14H2,1-4H3,(H2,15,16,17,18). The van der Waals surface area contributed by atoms with Gasteiger partial charge in [0.2, 0.25) is 0 Å². The maximum Gasteiger partial charge on any atom is 0.148 e. The van der Waals surface area contributed by atoms with Gasteiger partial charge in [-0.3, -0.25) is 0 Å². The largest absolute Gasteiger partial charge is 0.366 e. The van der Waals surface area contributed by atoms with E-state index in [4.69, 9.17) is 5.84 Å². The number of thioether (sulfide) groups is 1. The van der Waals surface area contributed by atoms with Crippen LogP contribution in [0, 0.1) is 6.92 Å². The Morgan fingerprint density at radius 2 is 1.95 bits per heavy atom. The van der Waals surface area contributed by atoms with Crippen LogP contribution >= 0.6 is 11.8 Å². The number of hydrazine groups is 1. The molecule has 1 rings (SSSR count). The van der Waals surface area contributed by atoms with Gasteiger partial charge in [0.05, 0.1) is 0 Å². The molecule has 1 atom stereocenters. The molecule has 6 heteroatoms. The van der Waals surface area contributed by atoms with Gasteiger partial charge in [-0.2, -0.15) is 11.8 Å². The third-order valence-corrected chi connectivity index (χ3v) is 3.90. The summed E-state index contributed by atoms with van der Waals surface area (Å²) in [7, 11) is 0. The third kappa shape index (κ3) is 4.87. The molecule has 1 aromatic heterocycles. The summed E-state index contributed by atoms with van der Waals surface area (Å²) in [5.74, 6) is 10.1. The third-order valence-electron chi connectivity index (χ3n) is 2.76. The molecule has 0 spiro atoms. The monoisotopic (exact) mass is 283 g/mol. The van der Waals surface area contributed by atoms with E-state index in [9.17, 15) is 0 Å². The number of anilines is 2. The lowest BCUT2D eigenvalue weighted by Gasteiger charge is -2.18. The van der Waals surface area contributed by atoms with E-state index in [0.29, 0.717) is 11.9 Å². The van der Waals surface area contributed by atoms with Crippen molar-refractivity contribution in [2.24, 2.45) is 5.84 Å². The van der Waals surface area contributed by atoms with Gasteiger partial charge < -0.3 is 10.7 Å². The topological polar surface area (TPSA) is 75.9 Å². The van der Waals surface area contributed by atoms with E-state index in [1.165, 1.54) is 0 Å². The molecule has 19 heavy (non-hydrogen) atoms. The number of nitrogens with one attached hydrogen (secondary N) is 2. The zero-order valence-corrected chi connectivity index (χ0v) is 13.1. The highest BCUT2D eigenvalue weighted by molar-refractivity contribution is 7.99. The van der Waals surface area contributed by atoms with Gasteiger partial charge in [-0.1, -0.05) is 13.8 Å². The quantitative estimate of drug-likeness (QED) is 0.503. The first-order valence-electron chi connectivity index (χ1n) is 6.80. The summed E-state index contributed by atoms with van der Waals surface area (Å²) >= 11 is 1.92. The zero-order chi connectivity index (χ0) is 14.3. The van der Waals surface area contributed by atoms with Crippen LogP contribution in [0.3, 0.4) is 0 Å². The van der Waals surface area contributed by atoms with Crippen molar-refractivity contribution in [3.8, 4) is 0 Å². The van der Waals surface area contributed by atoms with Gasteiger partial charge in [0.15, 0.2) is 0 Å².